The van der Waals surface area contributed by atoms with Gasteiger partial charge in [-0.15, -0.1) is 0 Å². The highest BCUT2D eigenvalue weighted by molar-refractivity contribution is 6.14. The molecule has 4 rings (SSSR count). The Morgan fingerprint density at radius 2 is 1.78 bits per heavy atom. The number of aryl methyl sites for hydroxylation is 1. The second kappa shape index (κ2) is 7.18. The lowest BCUT2D eigenvalue weighted by Gasteiger charge is -2.27. The molecule has 1 saturated heterocycles. The Morgan fingerprint density at radius 3 is 2.48 bits per heavy atom. The molecule has 5 nitrogen and oxygen atoms in total. The second-order valence-corrected chi connectivity index (χ2v) is 7.67. The zero-order chi connectivity index (χ0) is 19.0. The number of nitrogens with one attached hydrogen (secondary N) is 2. The maximum absolute atomic E-state index is 12.8. The van der Waals surface area contributed by atoms with Gasteiger partial charge in [-0.3, -0.25) is 4.79 Å². The minimum atomic E-state index is -0.121. The van der Waals surface area contributed by atoms with Crippen LogP contribution in [0.3, 0.4) is 0 Å². The predicted octanol–water partition coefficient (Wildman–Crippen LogP) is 0.230. The zero-order valence-electron chi connectivity index (χ0n) is 15.8. The molecule has 5 heteroatoms. The third-order valence-electron chi connectivity index (χ3n) is 5.53. The quantitative estimate of drug-likeness (QED) is 0.682. The van der Waals surface area contributed by atoms with Gasteiger partial charge in [-0.1, -0.05) is 29.8 Å². The number of fused-ring (bicyclic) bond motifs is 1. The van der Waals surface area contributed by atoms with Gasteiger partial charge in [-0.25, -0.2) is 0 Å². The van der Waals surface area contributed by atoms with Crippen molar-refractivity contribution in [2.24, 2.45) is 0 Å². The van der Waals surface area contributed by atoms with E-state index in [1.165, 1.54) is 15.4 Å². The first-order chi connectivity index (χ1) is 13.0. The molecule has 0 aromatic heterocycles. The van der Waals surface area contributed by atoms with Gasteiger partial charge in [0.15, 0.2) is 11.5 Å². The standard InChI is InChI=1S/C22H24N2O3/c1-15-3-5-16(6-4-15)13-20-21(26)17-7-8-19(25)18(22(17)27-20)14-24-11-9-23(2)10-12-24/h3-8,13,25H,9-12,14H2,1-2H3/p+2/b20-13-. The van der Waals surface area contributed by atoms with Gasteiger partial charge in [0.25, 0.3) is 0 Å². The minimum Gasteiger partial charge on any atom is -0.507 e. The molecule has 3 N–H and O–H groups in total. The van der Waals surface area contributed by atoms with Gasteiger partial charge in [0.05, 0.1) is 18.2 Å². The molecule has 2 aliphatic rings. The monoisotopic (exact) mass is 366 g/mol. The van der Waals surface area contributed by atoms with Crippen molar-refractivity contribution in [3.63, 3.8) is 0 Å². The summed E-state index contributed by atoms with van der Waals surface area (Å²) in [5.74, 6) is 0.928. The number of Topliss-reactive ketones (excluding diaryl/α,β-unsaturated/α-hetero) is 1. The minimum absolute atomic E-state index is 0.121. The molecule has 0 radical (unpaired) electrons. The van der Waals surface area contributed by atoms with Crippen molar-refractivity contribution in [2.45, 2.75) is 13.5 Å². The normalized spacial score (nSPS) is 23.3. The van der Waals surface area contributed by atoms with Gasteiger partial charge in [0.2, 0.25) is 5.78 Å². The molecule has 2 heterocycles. The summed E-state index contributed by atoms with van der Waals surface area (Å²) in [7, 11) is 2.21. The molecule has 0 unspecified atom stereocenters. The number of aromatic hydroxyl groups is 1. The van der Waals surface area contributed by atoms with Crippen molar-refractivity contribution in [3.8, 4) is 11.5 Å². The van der Waals surface area contributed by atoms with E-state index >= 15 is 0 Å². The number of ether oxygens (including phenoxy) is 1. The Hall–Kier alpha value is -2.63. The lowest BCUT2D eigenvalue weighted by Crippen LogP contribution is -3.26. The molecule has 0 spiro atoms. The van der Waals surface area contributed by atoms with Crippen molar-refractivity contribution in [3.05, 3.63) is 64.4 Å². The summed E-state index contributed by atoms with van der Waals surface area (Å²) < 4.78 is 5.96. The van der Waals surface area contributed by atoms with Gasteiger partial charge in [0.1, 0.15) is 38.5 Å². The number of hydrogen-bond acceptors (Lipinski definition) is 3. The number of quaternary nitrogens is 2. The molecule has 2 aliphatic heterocycles. The third kappa shape index (κ3) is 3.61. The predicted molar refractivity (Wildman–Crippen MR) is 103 cm³/mol. The topological polar surface area (TPSA) is 55.4 Å². The number of piperazine rings is 1. The summed E-state index contributed by atoms with van der Waals surface area (Å²) in [5, 5.41) is 10.4. The molecular weight excluding hydrogens is 340 g/mol. The van der Waals surface area contributed by atoms with Gasteiger partial charge in [0, 0.05) is 0 Å². The van der Waals surface area contributed by atoms with Crippen molar-refractivity contribution in [2.75, 3.05) is 33.2 Å². The van der Waals surface area contributed by atoms with Crippen LogP contribution < -0.4 is 14.5 Å². The largest absolute Gasteiger partial charge is 0.507 e. The molecule has 0 atom stereocenters. The van der Waals surface area contributed by atoms with Crippen LogP contribution >= 0.6 is 0 Å². The summed E-state index contributed by atoms with van der Waals surface area (Å²) in [6, 6.07) is 11.2. The average molecular weight is 366 g/mol. The SMILES string of the molecule is Cc1ccc(/C=C2\Oc3c(ccc(O)c3C[NH+]3CC[NH+](C)CC3)C2=O)cc1. The molecule has 0 bridgehead atoms. The fourth-order valence-electron chi connectivity index (χ4n) is 3.74. The lowest BCUT2D eigenvalue weighted by atomic mass is 10.0. The first kappa shape index (κ1) is 17.8. The van der Waals surface area contributed by atoms with E-state index in [1.54, 1.807) is 18.2 Å². The van der Waals surface area contributed by atoms with Crippen molar-refractivity contribution < 1.29 is 24.4 Å². The summed E-state index contributed by atoms with van der Waals surface area (Å²) in [5.41, 5.74) is 3.38. The zero-order valence-corrected chi connectivity index (χ0v) is 15.8. The Morgan fingerprint density at radius 1 is 1.07 bits per heavy atom. The van der Waals surface area contributed by atoms with E-state index in [4.69, 9.17) is 4.74 Å². The smallest absolute Gasteiger partial charge is 0.231 e. The van der Waals surface area contributed by atoms with Crippen LogP contribution in [0.5, 0.6) is 11.5 Å². The summed E-state index contributed by atoms with van der Waals surface area (Å²) in [6.45, 7) is 7.03. The number of carbonyl (C=O) groups excluding carboxylic acids is 1. The van der Waals surface area contributed by atoms with Crippen LogP contribution in [0, 0.1) is 6.92 Å². The highest BCUT2D eigenvalue weighted by Gasteiger charge is 2.33. The Kier molecular flexibility index (Phi) is 4.72. The van der Waals surface area contributed by atoms with E-state index in [-0.39, 0.29) is 11.5 Å². The molecule has 140 valence electrons. The van der Waals surface area contributed by atoms with Crippen LogP contribution in [0.1, 0.15) is 27.0 Å². The van der Waals surface area contributed by atoms with E-state index in [9.17, 15) is 9.90 Å². The van der Waals surface area contributed by atoms with E-state index in [1.807, 2.05) is 31.2 Å². The van der Waals surface area contributed by atoms with Gasteiger partial charge >= 0.3 is 0 Å². The maximum Gasteiger partial charge on any atom is 0.231 e. The number of likely N-dealkylation sites (N-methyl/N-ethyl adjacent to an activating group) is 1. The number of hydrogen-bond donors (Lipinski definition) is 3. The molecule has 0 aliphatic carbocycles. The van der Waals surface area contributed by atoms with Crippen LogP contribution in [-0.4, -0.2) is 44.1 Å². The molecule has 0 amide bonds. The lowest BCUT2D eigenvalue weighted by molar-refractivity contribution is -1.01. The Labute approximate surface area is 159 Å². The van der Waals surface area contributed by atoms with E-state index in [0.717, 1.165) is 37.3 Å². The van der Waals surface area contributed by atoms with E-state index in [2.05, 4.69) is 7.05 Å². The van der Waals surface area contributed by atoms with Crippen LogP contribution in [0.15, 0.2) is 42.2 Å². The highest BCUT2D eigenvalue weighted by Crippen LogP contribution is 2.39. The van der Waals surface area contributed by atoms with Crippen LogP contribution in [0.25, 0.3) is 6.08 Å². The molecule has 2 aromatic rings. The fourth-order valence-corrected chi connectivity index (χ4v) is 3.74. The number of phenols is 1. The number of rotatable bonds is 3. The maximum atomic E-state index is 12.8. The van der Waals surface area contributed by atoms with Crippen LogP contribution in [0.2, 0.25) is 0 Å². The first-order valence-corrected chi connectivity index (χ1v) is 9.52. The Balaban J connectivity index is 1.61. The van der Waals surface area contributed by atoms with Gasteiger partial charge < -0.3 is 19.6 Å². The van der Waals surface area contributed by atoms with Crippen molar-refractivity contribution in [1.29, 1.82) is 0 Å². The van der Waals surface area contributed by atoms with Gasteiger partial charge in [-0.05, 0) is 30.7 Å². The Bertz CT molecular complexity index is 895. The van der Waals surface area contributed by atoms with E-state index < -0.39 is 0 Å². The highest BCUT2D eigenvalue weighted by atomic mass is 16.5. The van der Waals surface area contributed by atoms with Crippen LogP contribution in [-0.2, 0) is 6.54 Å². The van der Waals surface area contributed by atoms with Crippen molar-refractivity contribution in [1.82, 2.24) is 0 Å². The summed E-state index contributed by atoms with van der Waals surface area (Å²) in [4.78, 5) is 15.7. The average Bonchev–Trinajstić information content (AvgIpc) is 2.97. The number of phenolic OH excluding ortho intramolecular Hbond substituents is 1. The first-order valence-electron chi connectivity index (χ1n) is 9.52. The second-order valence-electron chi connectivity index (χ2n) is 7.67. The number of allylic oxidation sites excluding steroid dienone is 1. The van der Waals surface area contributed by atoms with E-state index in [0.29, 0.717) is 23.6 Å². The number of ketones is 1. The molecular formula is C22H26N2O3+2. The molecule has 1 fully saturated rings. The van der Waals surface area contributed by atoms with Gasteiger partial charge in [-0.2, -0.15) is 0 Å². The van der Waals surface area contributed by atoms with Crippen LogP contribution in [0.4, 0.5) is 0 Å². The molecule has 0 saturated carbocycles. The molecule has 27 heavy (non-hydrogen) atoms. The number of benzene rings is 2. The third-order valence-corrected chi connectivity index (χ3v) is 5.53. The number of carbonyl (C=O) groups is 1. The van der Waals surface area contributed by atoms with Crippen molar-refractivity contribution >= 4 is 11.9 Å². The summed E-state index contributed by atoms with van der Waals surface area (Å²) in [6.07, 6.45) is 1.77. The summed E-state index contributed by atoms with van der Waals surface area (Å²) >= 11 is 0. The fraction of sp³-hybridized carbons (Fsp3) is 0.318. The molecule has 2 aromatic carbocycles.